The number of hydrogen-bond donors (Lipinski definition) is 1. The molecule has 12 heteroatoms. The van der Waals surface area contributed by atoms with Crippen molar-refractivity contribution in [2.45, 2.75) is 62.0 Å². The average Bonchev–Trinajstić information content (AvgIpc) is 3.13. The van der Waals surface area contributed by atoms with E-state index in [-0.39, 0.29) is 46.8 Å². The number of sulfonamides is 1. The maximum absolute atomic E-state index is 15.2. The minimum absolute atomic E-state index is 0.0593. The van der Waals surface area contributed by atoms with Crippen LogP contribution in [-0.2, 0) is 32.6 Å². The maximum Gasteiger partial charge on any atom is 0.264 e. The summed E-state index contributed by atoms with van der Waals surface area (Å²) in [5.41, 5.74) is 1.13. The van der Waals surface area contributed by atoms with Gasteiger partial charge in [-0.05, 0) is 60.9 Å². The fourth-order valence-corrected chi connectivity index (χ4v) is 7.70. The Labute approximate surface area is 298 Å². The van der Waals surface area contributed by atoms with E-state index in [9.17, 15) is 18.0 Å². The normalized spacial score (nSPS) is 14.0. The van der Waals surface area contributed by atoms with Crippen LogP contribution in [0.25, 0.3) is 0 Å². The van der Waals surface area contributed by atoms with Gasteiger partial charge in [0.2, 0.25) is 11.8 Å². The lowest BCUT2D eigenvalue weighted by molar-refractivity contribution is -0.140. The summed E-state index contributed by atoms with van der Waals surface area (Å²) in [7, 11) is -1.60. The quantitative estimate of drug-likeness (QED) is 0.154. The molecular formula is C38H41ClFN3O6S. The van der Waals surface area contributed by atoms with Crippen molar-refractivity contribution < 1.29 is 31.9 Å². The summed E-state index contributed by atoms with van der Waals surface area (Å²) in [5.74, 6) is -1.13. The van der Waals surface area contributed by atoms with Crippen LogP contribution in [-0.4, -0.2) is 58.0 Å². The number of nitrogens with zero attached hydrogens (tertiary/aromatic N) is 2. The summed E-state index contributed by atoms with van der Waals surface area (Å²) in [4.78, 5) is 30.0. The summed E-state index contributed by atoms with van der Waals surface area (Å²) in [6.07, 6.45) is 4.82. The highest BCUT2D eigenvalue weighted by Crippen LogP contribution is 2.33. The molecule has 0 aromatic heterocycles. The van der Waals surface area contributed by atoms with E-state index in [1.54, 1.807) is 18.2 Å². The number of halogens is 2. The van der Waals surface area contributed by atoms with Crippen molar-refractivity contribution in [3.63, 3.8) is 0 Å². The molecule has 0 saturated heterocycles. The second-order valence-electron chi connectivity index (χ2n) is 12.2. The van der Waals surface area contributed by atoms with Crippen molar-refractivity contribution in [1.82, 2.24) is 10.2 Å². The Balaban J connectivity index is 1.58. The first-order valence-electron chi connectivity index (χ1n) is 16.5. The zero-order valence-corrected chi connectivity index (χ0v) is 29.6. The smallest absolute Gasteiger partial charge is 0.264 e. The van der Waals surface area contributed by atoms with E-state index in [2.05, 4.69) is 5.32 Å². The number of anilines is 1. The first-order valence-corrected chi connectivity index (χ1v) is 18.3. The molecule has 264 valence electrons. The summed E-state index contributed by atoms with van der Waals surface area (Å²) in [5, 5.41) is 3.51. The van der Waals surface area contributed by atoms with Crippen molar-refractivity contribution in [2.24, 2.45) is 0 Å². The standard InChI is InChI=1S/C38H41ClFN3O6S/c1-48-35-22-21-32(24-36(35)49-2)50(46,47)43(31-19-17-29(39)18-20-31)26-37(44)42(25-28-13-9-10-16-33(28)40)34(23-27-11-5-3-6-12-27)38(45)41-30-14-7-4-8-15-30/h3,5-6,9-13,16-22,24,30,34H,4,7-8,14-15,23,25-26H2,1-2H3,(H,41,45). The number of rotatable bonds is 14. The zero-order chi connectivity index (χ0) is 35.7. The number of nitrogens with one attached hydrogen (secondary N) is 1. The lowest BCUT2D eigenvalue weighted by Gasteiger charge is -2.35. The first-order chi connectivity index (χ1) is 24.1. The molecule has 5 rings (SSSR count). The summed E-state index contributed by atoms with van der Waals surface area (Å²) in [6, 6.07) is 24.3. The molecule has 1 atom stereocenters. The van der Waals surface area contributed by atoms with Gasteiger partial charge in [-0.3, -0.25) is 13.9 Å². The van der Waals surface area contributed by atoms with E-state index in [1.165, 1.54) is 67.7 Å². The Morgan fingerprint density at radius 1 is 0.880 bits per heavy atom. The highest BCUT2D eigenvalue weighted by atomic mass is 35.5. The average molecular weight is 722 g/mol. The van der Waals surface area contributed by atoms with E-state index in [4.69, 9.17) is 21.1 Å². The van der Waals surface area contributed by atoms with Crippen molar-refractivity contribution in [2.75, 3.05) is 25.1 Å². The summed E-state index contributed by atoms with van der Waals surface area (Å²) in [6.45, 7) is -0.972. The molecule has 1 unspecified atom stereocenters. The van der Waals surface area contributed by atoms with Crippen LogP contribution in [0.1, 0.15) is 43.2 Å². The third-order valence-corrected chi connectivity index (χ3v) is 10.9. The van der Waals surface area contributed by atoms with E-state index in [1.807, 2.05) is 30.3 Å². The predicted molar refractivity (Wildman–Crippen MR) is 191 cm³/mol. The van der Waals surface area contributed by atoms with Crippen molar-refractivity contribution in [3.05, 3.63) is 119 Å². The fourth-order valence-electron chi connectivity index (χ4n) is 6.15. The largest absolute Gasteiger partial charge is 0.493 e. The fraction of sp³-hybridized carbons (Fsp3) is 0.316. The molecule has 9 nitrogen and oxygen atoms in total. The van der Waals surface area contributed by atoms with Gasteiger partial charge in [0.15, 0.2) is 11.5 Å². The molecule has 1 aliphatic carbocycles. The van der Waals surface area contributed by atoms with Crippen LogP contribution < -0.4 is 19.1 Å². The Bertz CT molecular complexity index is 1870. The van der Waals surface area contributed by atoms with Crippen LogP contribution in [0.4, 0.5) is 10.1 Å². The van der Waals surface area contributed by atoms with Crippen molar-refractivity contribution in [1.29, 1.82) is 0 Å². The molecule has 0 spiro atoms. The van der Waals surface area contributed by atoms with Crippen molar-refractivity contribution in [3.8, 4) is 11.5 Å². The van der Waals surface area contributed by atoms with Crippen LogP contribution in [0.3, 0.4) is 0 Å². The molecule has 4 aromatic rings. The second kappa shape index (κ2) is 16.9. The number of amides is 2. The molecule has 0 heterocycles. The lowest BCUT2D eigenvalue weighted by atomic mass is 9.94. The molecule has 1 N–H and O–H groups in total. The SMILES string of the molecule is COc1ccc(S(=O)(=O)N(CC(=O)N(Cc2ccccc2F)C(Cc2ccccc2)C(=O)NC2CCCCC2)c2ccc(Cl)cc2)cc1OC. The van der Waals surface area contributed by atoms with Crippen LogP contribution in [0.2, 0.25) is 5.02 Å². The molecule has 2 amide bonds. The topological polar surface area (TPSA) is 105 Å². The number of methoxy groups -OCH3 is 2. The van der Waals surface area contributed by atoms with Gasteiger partial charge in [0, 0.05) is 35.7 Å². The molecule has 50 heavy (non-hydrogen) atoms. The number of ether oxygens (including phenoxy) is 2. The molecule has 1 saturated carbocycles. The molecule has 1 aliphatic rings. The van der Waals surface area contributed by atoms with Gasteiger partial charge in [0.1, 0.15) is 18.4 Å². The van der Waals surface area contributed by atoms with Crippen LogP contribution in [0.15, 0.2) is 102 Å². The van der Waals surface area contributed by atoms with Crippen LogP contribution in [0.5, 0.6) is 11.5 Å². The van der Waals surface area contributed by atoms with E-state index >= 15 is 4.39 Å². The van der Waals surface area contributed by atoms with Gasteiger partial charge in [-0.15, -0.1) is 0 Å². The zero-order valence-electron chi connectivity index (χ0n) is 28.1. The van der Waals surface area contributed by atoms with Gasteiger partial charge in [0.25, 0.3) is 10.0 Å². The monoisotopic (exact) mass is 721 g/mol. The van der Waals surface area contributed by atoms with Crippen molar-refractivity contribution >= 4 is 39.1 Å². The summed E-state index contributed by atoms with van der Waals surface area (Å²) >= 11 is 6.16. The van der Waals surface area contributed by atoms with Gasteiger partial charge in [-0.1, -0.05) is 79.4 Å². The van der Waals surface area contributed by atoms with Crippen LogP contribution >= 0.6 is 11.6 Å². The van der Waals surface area contributed by atoms with Gasteiger partial charge in [-0.2, -0.15) is 0 Å². The number of carbonyl (C=O) groups is 2. The van der Waals surface area contributed by atoms with E-state index < -0.39 is 34.3 Å². The van der Waals surface area contributed by atoms with Gasteiger partial charge >= 0.3 is 0 Å². The lowest BCUT2D eigenvalue weighted by Crippen LogP contribution is -2.55. The first kappa shape index (κ1) is 36.7. The van der Waals surface area contributed by atoms with E-state index in [0.29, 0.717) is 10.8 Å². The highest BCUT2D eigenvalue weighted by Gasteiger charge is 2.36. The predicted octanol–water partition coefficient (Wildman–Crippen LogP) is 6.78. The maximum atomic E-state index is 15.2. The Morgan fingerprint density at radius 2 is 1.54 bits per heavy atom. The molecule has 0 radical (unpaired) electrons. The molecule has 0 aliphatic heterocycles. The van der Waals surface area contributed by atoms with Gasteiger partial charge < -0.3 is 19.7 Å². The number of hydrogen-bond acceptors (Lipinski definition) is 6. The minimum atomic E-state index is -4.43. The van der Waals surface area contributed by atoms with Gasteiger partial charge in [0.05, 0.1) is 24.8 Å². The minimum Gasteiger partial charge on any atom is -0.493 e. The highest BCUT2D eigenvalue weighted by molar-refractivity contribution is 7.92. The Hall–Kier alpha value is -4.61. The van der Waals surface area contributed by atoms with Crippen LogP contribution in [0, 0.1) is 5.82 Å². The Morgan fingerprint density at radius 3 is 2.20 bits per heavy atom. The van der Waals surface area contributed by atoms with Gasteiger partial charge in [-0.25, -0.2) is 12.8 Å². The molecule has 0 bridgehead atoms. The third kappa shape index (κ3) is 8.94. The molecule has 1 fully saturated rings. The molecular weight excluding hydrogens is 681 g/mol. The molecule has 4 aromatic carbocycles. The number of benzene rings is 4. The third-order valence-electron chi connectivity index (χ3n) is 8.86. The Kier molecular flexibility index (Phi) is 12.4. The second-order valence-corrected chi connectivity index (χ2v) is 14.5. The van der Waals surface area contributed by atoms with E-state index in [0.717, 1.165) is 42.0 Å². The number of carbonyl (C=O) groups excluding carboxylic acids is 2. The summed E-state index contributed by atoms with van der Waals surface area (Å²) < 4.78 is 55.6.